The van der Waals surface area contributed by atoms with Crippen LogP contribution >= 0.6 is 11.9 Å². The highest BCUT2D eigenvalue weighted by Gasteiger charge is 2.33. The van der Waals surface area contributed by atoms with Gasteiger partial charge in [-0.2, -0.15) is 0 Å². The third kappa shape index (κ3) is 6.35. The van der Waals surface area contributed by atoms with E-state index in [0.717, 1.165) is 36.6 Å². The Bertz CT molecular complexity index is 855. The molecule has 174 valence electrons. The molecule has 1 saturated carbocycles. The number of nitrogens with zero attached hydrogens (tertiary/aromatic N) is 2. The van der Waals surface area contributed by atoms with E-state index in [1.165, 1.54) is 30.6 Å². The Morgan fingerprint density at radius 1 is 0.969 bits per heavy atom. The van der Waals surface area contributed by atoms with Crippen molar-refractivity contribution >= 4 is 22.9 Å². The molecule has 5 nitrogen and oxygen atoms in total. The number of hydrogen-bond donors (Lipinski definition) is 1. The number of nitrogens with one attached hydrogen (secondary N) is 1. The Morgan fingerprint density at radius 2 is 1.66 bits per heavy atom. The Balaban J connectivity index is 1.28. The van der Waals surface area contributed by atoms with E-state index < -0.39 is 11.0 Å². The third-order valence-electron chi connectivity index (χ3n) is 6.41. The fourth-order valence-corrected chi connectivity index (χ4v) is 6.31. The number of likely N-dealkylation sites (tertiary alicyclic amines) is 1. The average molecular weight is 474 g/mol. The summed E-state index contributed by atoms with van der Waals surface area (Å²) in [5, 5.41) is 0. The van der Waals surface area contributed by atoms with E-state index in [1.807, 2.05) is 44.4 Å². The molecule has 2 fully saturated rings. The molecule has 0 amide bonds. The predicted molar refractivity (Wildman–Crippen MR) is 133 cm³/mol. The lowest BCUT2D eigenvalue weighted by molar-refractivity contribution is 0.0536. The van der Waals surface area contributed by atoms with Crippen LogP contribution in [-0.4, -0.2) is 58.8 Å². The SMILES string of the molecule is CN(C)S(=O)c1ccc(SNC2CCCCC2N2CCC(Oc3ccccc3)CC2)cc1. The highest BCUT2D eigenvalue weighted by molar-refractivity contribution is 7.97. The van der Waals surface area contributed by atoms with Gasteiger partial charge in [-0.05, 0) is 88.1 Å². The molecule has 2 aromatic carbocycles. The standard InChI is InChI=1S/C25H35N3O2S2/c1-27(2)32(29)23-14-12-22(13-15-23)31-26-24-10-6-7-11-25(24)28-18-16-21(17-19-28)30-20-8-4-3-5-9-20/h3-5,8-9,12-15,21,24-26H,6-7,10-11,16-19H2,1-2H3. The van der Waals surface area contributed by atoms with E-state index >= 15 is 0 Å². The minimum atomic E-state index is -1.09. The van der Waals surface area contributed by atoms with Gasteiger partial charge >= 0.3 is 0 Å². The summed E-state index contributed by atoms with van der Waals surface area (Å²) in [5.74, 6) is 0.986. The third-order valence-corrected chi connectivity index (χ3v) is 8.67. The summed E-state index contributed by atoms with van der Waals surface area (Å²) < 4.78 is 23.9. The molecular weight excluding hydrogens is 438 g/mol. The number of hydrogen-bond acceptors (Lipinski definition) is 5. The first-order valence-electron chi connectivity index (χ1n) is 11.7. The quantitative estimate of drug-likeness (QED) is 0.562. The molecule has 7 heteroatoms. The van der Waals surface area contributed by atoms with Crippen LogP contribution in [0.15, 0.2) is 64.4 Å². The molecule has 0 bridgehead atoms. The Labute approximate surface area is 199 Å². The molecule has 3 unspecified atom stereocenters. The number of ether oxygens (including phenoxy) is 1. The Hall–Kier alpha value is -1.38. The summed E-state index contributed by atoms with van der Waals surface area (Å²) >= 11 is 1.71. The van der Waals surface area contributed by atoms with Crippen molar-refractivity contribution in [1.82, 2.24) is 13.9 Å². The van der Waals surface area contributed by atoms with Crippen molar-refractivity contribution in [2.75, 3.05) is 27.2 Å². The lowest BCUT2D eigenvalue weighted by atomic mass is 9.88. The summed E-state index contributed by atoms with van der Waals surface area (Å²) in [5.41, 5.74) is 0. The zero-order valence-electron chi connectivity index (χ0n) is 19.1. The summed E-state index contributed by atoms with van der Waals surface area (Å²) in [6.07, 6.45) is 7.61. The summed E-state index contributed by atoms with van der Waals surface area (Å²) in [6, 6.07) is 19.4. The van der Waals surface area contributed by atoms with E-state index in [0.29, 0.717) is 18.2 Å². The minimum Gasteiger partial charge on any atom is -0.490 e. The van der Waals surface area contributed by atoms with Crippen molar-refractivity contribution in [2.24, 2.45) is 0 Å². The minimum absolute atomic E-state index is 0.323. The fourth-order valence-electron chi connectivity index (χ4n) is 4.68. The zero-order valence-corrected chi connectivity index (χ0v) is 20.7. The molecular formula is C25H35N3O2S2. The van der Waals surface area contributed by atoms with Gasteiger partial charge in [-0.25, -0.2) is 8.51 Å². The maximum absolute atomic E-state index is 12.2. The maximum atomic E-state index is 12.2. The molecule has 4 rings (SSSR count). The van der Waals surface area contributed by atoms with Gasteiger partial charge in [-0.15, -0.1) is 0 Å². The fraction of sp³-hybridized carbons (Fsp3) is 0.520. The molecule has 0 aromatic heterocycles. The van der Waals surface area contributed by atoms with Crippen molar-refractivity contribution in [3.63, 3.8) is 0 Å². The number of piperidine rings is 1. The van der Waals surface area contributed by atoms with Gasteiger partial charge in [-0.3, -0.25) is 9.62 Å². The van der Waals surface area contributed by atoms with Crippen molar-refractivity contribution in [3.05, 3.63) is 54.6 Å². The number of benzene rings is 2. The lowest BCUT2D eigenvalue weighted by Gasteiger charge is -2.43. The molecule has 1 saturated heterocycles. The van der Waals surface area contributed by atoms with Gasteiger partial charge in [-0.1, -0.05) is 31.0 Å². The molecule has 1 aliphatic heterocycles. The van der Waals surface area contributed by atoms with Crippen LogP contribution in [0.4, 0.5) is 0 Å². The van der Waals surface area contributed by atoms with Crippen molar-refractivity contribution in [1.29, 1.82) is 0 Å². The van der Waals surface area contributed by atoms with Gasteiger partial charge < -0.3 is 4.74 Å². The normalized spacial score (nSPS) is 23.8. The summed E-state index contributed by atoms with van der Waals surface area (Å²) in [6.45, 7) is 2.21. The molecule has 0 spiro atoms. The van der Waals surface area contributed by atoms with Crippen LogP contribution in [0.25, 0.3) is 0 Å². The van der Waals surface area contributed by atoms with Crippen LogP contribution in [-0.2, 0) is 11.0 Å². The molecule has 0 radical (unpaired) electrons. The van der Waals surface area contributed by atoms with Gasteiger partial charge in [0.25, 0.3) is 0 Å². The Kier molecular flexibility index (Phi) is 8.66. The van der Waals surface area contributed by atoms with Crippen molar-refractivity contribution < 1.29 is 8.95 Å². The first-order valence-corrected chi connectivity index (χ1v) is 13.6. The molecule has 2 aromatic rings. The summed E-state index contributed by atoms with van der Waals surface area (Å²) in [7, 11) is 2.58. The van der Waals surface area contributed by atoms with Crippen LogP contribution in [0.1, 0.15) is 38.5 Å². The molecule has 1 heterocycles. The number of rotatable bonds is 8. The molecule has 1 aliphatic carbocycles. The van der Waals surface area contributed by atoms with Crippen molar-refractivity contribution in [2.45, 2.75) is 66.5 Å². The number of para-hydroxylation sites is 1. The van der Waals surface area contributed by atoms with E-state index in [-0.39, 0.29) is 0 Å². The van der Waals surface area contributed by atoms with Crippen LogP contribution in [0, 0.1) is 0 Å². The molecule has 1 N–H and O–H groups in total. The van der Waals surface area contributed by atoms with E-state index in [1.54, 1.807) is 16.3 Å². The van der Waals surface area contributed by atoms with Gasteiger partial charge in [0.2, 0.25) is 0 Å². The maximum Gasteiger partial charge on any atom is 0.127 e. The second-order valence-electron chi connectivity index (χ2n) is 8.88. The van der Waals surface area contributed by atoms with Crippen LogP contribution in [0.3, 0.4) is 0 Å². The average Bonchev–Trinajstić information content (AvgIpc) is 2.84. The van der Waals surface area contributed by atoms with Gasteiger partial charge in [0.05, 0.1) is 4.90 Å². The first kappa shape index (κ1) is 23.8. The van der Waals surface area contributed by atoms with Gasteiger partial charge in [0.1, 0.15) is 22.8 Å². The van der Waals surface area contributed by atoms with Crippen LogP contribution < -0.4 is 9.46 Å². The summed E-state index contributed by atoms with van der Waals surface area (Å²) in [4.78, 5) is 4.70. The molecule has 3 atom stereocenters. The monoisotopic (exact) mass is 473 g/mol. The molecule has 32 heavy (non-hydrogen) atoms. The topological polar surface area (TPSA) is 44.8 Å². The van der Waals surface area contributed by atoms with Crippen LogP contribution in [0.2, 0.25) is 0 Å². The predicted octanol–water partition coefficient (Wildman–Crippen LogP) is 4.72. The molecule has 2 aliphatic rings. The lowest BCUT2D eigenvalue weighted by Crippen LogP contribution is -2.53. The second kappa shape index (κ2) is 11.7. The highest BCUT2D eigenvalue weighted by Crippen LogP contribution is 2.29. The van der Waals surface area contributed by atoms with E-state index in [2.05, 4.69) is 33.9 Å². The highest BCUT2D eigenvalue weighted by atomic mass is 32.2. The second-order valence-corrected chi connectivity index (χ2v) is 11.5. The Morgan fingerprint density at radius 3 is 2.34 bits per heavy atom. The first-order chi connectivity index (χ1) is 15.6. The van der Waals surface area contributed by atoms with Crippen molar-refractivity contribution in [3.8, 4) is 5.75 Å². The zero-order chi connectivity index (χ0) is 22.3. The largest absolute Gasteiger partial charge is 0.490 e. The van der Waals surface area contributed by atoms with Gasteiger partial charge in [0, 0.05) is 30.1 Å². The smallest absolute Gasteiger partial charge is 0.127 e. The van der Waals surface area contributed by atoms with E-state index in [9.17, 15) is 4.21 Å². The van der Waals surface area contributed by atoms with Gasteiger partial charge in [0.15, 0.2) is 0 Å². The van der Waals surface area contributed by atoms with Crippen LogP contribution in [0.5, 0.6) is 5.75 Å². The van der Waals surface area contributed by atoms with E-state index in [4.69, 9.17) is 4.74 Å².